The molecule has 110 valence electrons. The van der Waals surface area contributed by atoms with Crippen LogP contribution in [-0.2, 0) is 4.79 Å². The van der Waals surface area contributed by atoms with Crippen LogP contribution in [0.5, 0.6) is 5.75 Å². The third kappa shape index (κ3) is 2.30. The first-order valence-electron chi connectivity index (χ1n) is 7.29. The third-order valence-electron chi connectivity index (χ3n) is 3.90. The summed E-state index contributed by atoms with van der Waals surface area (Å²) in [4.78, 5) is 19.4. The lowest BCUT2D eigenvalue weighted by Gasteiger charge is -2.04. The zero-order valence-electron chi connectivity index (χ0n) is 11.8. The second kappa shape index (κ2) is 4.87. The molecule has 0 atom stereocenters. The van der Waals surface area contributed by atoms with Crippen molar-refractivity contribution in [1.82, 2.24) is 9.97 Å². The number of pyridine rings is 1. The van der Waals surface area contributed by atoms with Crippen molar-refractivity contribution < 1.29 is 9.90 Å². The van der Waals surface area contributed by atoms with E-state index in [1.807, 2.05) is 24.4 Å². The highest BCUT2D eigenvalue weighted by Crippen LogP contribution is 2.32. The van der Waals surface area contributed by atoms with E-state index in [9.17, 15) is 9.90 Å². The minimum atomic E-state index is 0.0478. The van der Waals surface area contributed by atoms with Crippen LogP contribution >= 0.6 is 0 Å². The molecule has 1 aliphatic carbocycles. The molecule has 0 saturated heterocycles. The van der Waals surface area contributed by atoms with Crippen LogP contribution in [0.4, 0.5) is 5.82 Å². The van der Waals surface area contributed by atoms with Gasteiger partial charge in [0.2, 0.25) is 5.91 Å². The monoisotopic (exact) mass is 293 g/mol. The number of aromatic amines is 1. The molecule has 0 aliphatic heterocycles. The van der Waals surface area contributed by atoms with E-state index < -0.39 is 0 Å². The molecule has 4 rings (SSSR count). The quantitative estimate of drug-likeness (QED) is 0.693. The van der Waals surface area contributed by atoms with E-state index in [0.29, 0.717) is 11.5 Å². The minimum absolute atomic E-state index is 0.0478. The van der Waals surface area contributed by atoms with Gasteiger partial charge in [-0.2, -0.15) is 0 Å². The van der Waals surface area contributed by atoms with E-state index >= 15 is 0 Å². The molecule has 3 N–H and O–H groups in total. The van der Waals surface area contributed by atoms with Crippen molar-refractivity contribution in [2.45, 2.75) is 12.8 Å². The van der Waals surface area contributed by atoms with Crippen molar-refractivity contribution in [3.8, 4) is 16.9 Å². The van der Waals surface area contributed by atoms with Crippen LogP contribution in [0.25, 0.3) is 22.2 Å². The average molecular weight is 293 g/mol. The summed E-state index contributed by atoms with van der Waals surface area (Å²) in [6, 6.07) is 10.8. The maximum absolute atomic E-state index is 11.8. The molecule has 5 heteroatoms. The van der Waals surface area contributed by atoms with Gasteiger partial charge in [0, 0.05) is 23.1 Å². The topological polar surface area (TPSA) is 78.0 Å². The smallest absolute Gasteiger partial charge is 0.228 e. The van der Waals surface area contributed by atoms with Crippen LogP contribution in [0.3, 0.4) is 0 Å². The molecule has 0 unspecified atom stereocenters. The first kappa shape index (κ1) is 12.9. The van der Waals surface area contributed by atoms with Gasteiger partial charge < -0.3 is 15.4 Å². The van der Waals surface area contributed by atoms with Gasteiger partial charge in [-0.05, 0) is 42.7 Å². The normalized spacial score (nSPS) is 14.2. The Bertz CT molecular complexity index is 865. The fraction of sp³-hybridized carbons (Fsp3) is 0.176. The zero-order chi connectivity index (χ0) is 15.1. The van der Waals surface area contributed by atoms with Gasteiger partial charge in [0.05, 0.1) is 0 Å². The lowest BCUT2D eigenvalue weighted by molar-refractivity contribution is -0.117. The third-order valence-corrected chi connectivity index (χ3v) is 3.90. The van der Waals surface area contributed by atoms with Crippen molar-refractivity contribution >= 4 is 22.8 Å². The summed E-state index contributed by atoms with van der Waals surface area (Å²) in [5, 5.41) is 13.4. The van der Waals surface area contributed by atoms with Crippen LogP contribution in [-0.4, -0.2) is 21.0 Å². The lowest BCUT2D eigenvalue weighted by Crippen LogP contribution is -2.14. The Hall–Kier alpha value is -2.82. The number of carbonyl (C=O) groups is 1. The summed E-state index contributed by atoms with van der Waals surface area (Å²) in [6.07, 6.45) is 3.80. The van der Waals surface area contributed by atoms with Crippen LogP contribution in [0, 0.1) is 5.92 Å². The lowest BCUT2D eigenvalue weighted by atomic mass is 10.1. The Kier molecular flexibility index (Phi) is 2.85. The van der Waals surface area contributed by atoms with Gasteiger partial charge in [-0.1, -0.05) is 12.1 Å². The largest absolute Gasteiger partial charge is 0.508 e. The van der Waals surface area contributed by atoms with Crippen LogP contribution in [0.1, 0.15) is 12.8 Å². The summed E-state index contributed by atoms with van der Waals surface area (Å²) in [5.41, 5.74) is 2.60. The first-order chi connectivity index (χ1) is 10.7. The number of hydrogen-bond acceptors (Lipinski definition) is 3. The number of aromatic nitrogens is 2. The molecule has 0 bridgehead atoms. The highest BCUT2D eigenvalue weighted by molar-refractivity contribution is 5.97. The van der Waals surface area contributed by atoms with Gasteiger partial charge in [-0.15, -0.1) is 0 Å². The molecule has 0 radical (unpaired) electrons. The summed E-state index contributed by atoms with van der Waals surface area (Å²) >= 11 is 0. The summed E-state index contributed by atoms with van der Waals surface area (Å²) in [7, 11) is 0. The van der Waals surface area contributed by atoms with Gasteiger partial charge in [0.25, 0.3) is 0 Å². The van der Waals surface area contributed by atoms with Crippen molar-refractivity contribution in [1.29, 1.82) is 0 Å². The van der Waals surface area contributed by atoms with E-state index in [-0.39, 0.29) is 17.6 Å². The number of nitrogens with zero attached hydrogens (tertiary/aromatic N) is 1. The second-order valence-electron chi connectivity index (χ2n) is 5.61. The number of benzene rings is 1. The Balaban J connectivity index is 1.69. The van der Waals surface area contributed by atoms with Crippen molar-refractivity contribution in [3.63, 3.8) is 0 Å². The number of phenols is 1. The van der Waals surface area contributed by atoms with E-state index in [2.05, 4.69) is 15.3 Å². The molecule has 1 fully saturated rings. The number of fused-ring (bicyclic) bond motifs is 1. The van der Waals surface area contributed by atoms with Crippen molar-refractivity contribution in [2.24, 2.45) is 5.92 Å². The maximum atomic E-state index is 11.8. The Labute approximate surface area is 127 Å². The van der Waals surface area contributed by atoms with Crippen LogP contribution in [0.15, 0.2) is 42.6 Å². The number of rotatable bonds is 3. The summed E-state index contributed by atoms with van der Waals surface area (Å²) < 4.78 is 0. The molecule has 22 heavy (non-hydrogen) atoms. The summed E-state index contributed by atoms with van der Waals surface area (Å²) in [6.45, 7) is 0. The molecule has 1 saturated carbocycles. The number of amides is 1. The molecule has 1 aliphatic rings. The van der Waals surface area contributed by atoms with Crippen molar-refractivity contribution in [3.05, 3.63) is 42.6 Å². The number of phenolic OH excluding ortho intramolecular Hbond substituents is 1. The number of hydrogen-bond donors (Lipinski definition) is 3. The van der Waals surface area contributed by atoms with Gasteiger partial charge in [0.1, 0.15) is 17.2 Å². The van der Waals surface area contributed by atoms with Gasteiger partial charge >= 0.3 is 0 Å². The fourth-order valence-electron chi connectivity index (χ4n) is 2.56. The predicted octanol–water partition coefficient (Wildman–Crippen LogP) is 3.28. The van der Waals surface area contributed by atoms with E-state index in [0.717, 1.165) is 29.4 Å². The fourth-order valence-corrected chi connectivity index (χ4v) is 2.56. The maximum Gasteiger partial charge on any atom is 0.228 e. The molecule has 0 spiro atoms. The Morgan fingerprint density at radius 3 is 2.91 bits per heavy atom. The number of aromatic hydroxyl groups is 1. The van der Waals surface area contributed by atoms with Gasteiger partial charge in [-0.3, -0.25) is 4.79 Å². The molecule has 5 nitrogen and oxygen atoms in total. The molecule has 2 aromatic heterocycles. The Morgan fingerprint density at radius 2 is 2.14 bits per heavy atom. The van der Waals surface area contributed by atoms with Crippen LogP contribution < -0.4 is 5.32 Å². The van der Waals surface area contributed by atoms with E-state index in [1.54, 1.807) is 18.2 Å². The van der Waals surface area contributed by atoms with E-state index in [1.165, 1.54) is 0 Å². The SMILES string of the molecule is O=C(Nc1ccc2c(-c3cccc(O)c3)c[nH]c2n1)C1CC1. The first-order valence-corrected chi connectivity index (χ1v) is 7.29. The van der Waals surface area contributed by atoms with Crippen LogP contribution in [0.2, 0.25) is 0 Å². The highest BCUT2D eigenvalue weighted by atomic mass is 16.3. The molecule has 1 aromatic carbocycles. The number of nitrogens with one attached hydrogen (secondary N) is 2. The van der Waals surface area contributed by atoms with Gasteiger partial charge in [0.15, 0.2) is 0 Å². The number of H-pyrrole nitrogens is 1. The zero-order valence-corrected chi connectivity index (χ0v) is 11.8. The number of carbonyl (C=O) groups excluding carboxylic acids is 1. The van der Waals surface area contributed by atoms with E-state index in [4.69, 9.17) is 0 Å². The molecule has 2 heterocycles. The molecular formula is C17H15N3O2. The highest BCUT2D eigenvalue weighted by Gasteiger charge is 2.29. The second-order valence-corrected chi connectivity index (χ2v) is 5.61. The molecule has 3 aromatic rings. The standard InChI is InChI=1S/C17H15N3O2/c21-12-3-1-2-11(8-12)14-9-18-16-13(14)6-7-15(19-16)20-17(22)10-4-5-10/h1-3,6-10,21H,4-5H2,(H2,18,19,20,22). The average Bonchev–Trinajstić information content (AvgIpc) is 3.27. The van der Waals surface area contributed by atoms with Crippen molar-refractivity contribution in [2.75, 3.05) is 5.32 Å². The number of anilines is 1. The Morgan fingerprint density at radius 1 is 1.27 bits per heavy atom. The predicted molar refractivity (Wildman–Crippen MR) is 84.5 cm³/mol. The minimum Gasteiger partial charge on any atom is -0.508 e. The molecule has 1 amide bonds. The molecular weight excluding hydrogens is 278 g/mol. The van der Waals surface area contributed by atoms with Gasteiger partial charge in [-0.25, -0.2) is 4.98 Å². The summed E-state index contributed by atoms with van der Waals surface area (Å²) in [5.74, 6) is 0.998.